The quantitative estimate of drug-likeness (QED) is 0.525. The van der Waals surface area contributed by atoms with Gasteiger partial charge in [-0.2, -0.15) is 0 Å². The summed E-state index contributed by atoms with van der Waals surface area (Å²) in [5.41, 5.74) is 2.66. The fraction of sp³-hybridized carbons (Fsp3) is 0.130. The smallest absolute Gasteiger partial charge is 0.259 e. The van der Waals surface area contributed by atoms with Gasteiger partial charge in [-0.3, -0.25) is 4.79 Å². The SMILES string of the molecule is CC(C)c1ccc(Oc2ccc(-c3nc4ccccc4c(=O)[nH]3)cc2)cc1. The third-order valence-electron chi connectivity index (χ3n) is 4.52. The van der Waals surface area contributed by atoms with Gasteiger partial charge >= 0.3 is 0 Å². The lowest BCUT2D eigenvalue weighted by molar-refractivity contribution is 0.482. The average molecular weight is 356 g/mol. The van der Waals surface area contributed by atoms with E-state index in [9.17, 15) is 4.79 Å². The minimum absolute atomic E-state index is 0.138. The van der Waals surface area contributed by atoms with Crippen LogP contribution < -0.4 is 10.3 Å². The molecule has 1 heterocycles. The van der Waals surface area contributed by atoms with Crippen LogP contribution in [-0.2, 0) is 0 Å². The molecule has 3 aromatic carbocycles. The third kappa shape index (κ3) is 3.60. The van der Waals surface area contributed by atoms with Crippen LogP contribution in [0, 0.1) is 0 Å². The van der Waals surface area contributed by atoms with Crippen molar-refractivity contribution in [3.8, 4) is 22.9 Å². The van der Waals surface area contributed by atoms with Gasteiger partial charge in [0, 0.05) is 5.56 Å². The Balaban J connectivity index is 1.58. The maximum Gasteiger partial charge on any atom is 0.259 e. The van der Waals surface area contributed by atoms with Gasteiger partial charge in [0.05, 0.1) is 10.9 Å². The summed E-state index contributed by atoms with van der Waals surface area (Å²) >= 11 is 0. The molecule has 4 rings (SSSR count). The van der Waals surface area contributed by atoms with Crippen LogP contribution in [0.1, 0.15) is 25.3 Å². The Hall–Kier alpha value is -3.40. The Labute approximate surface area is 157 Å². The van der Waals surface area contributed by atoms with Crippen molar-refractivity contribution in [3.63, 3.8) is 0 Å². The molecule has 0 atom stereocenters. The Bertz CT molecular complexity index is 1130. The molecule has 0 saturated carbocycles. The maximum atomic E-state index is 12.2. The molecule has 0 spiro atoms. The fourth-order valence-corrected chi connectivity index (χ4v) is 2.96. The highest BCUT2D eigenvalue weighted by Gasteiger charge is 2.06. The number of hydrogen-bond donors (Lipinski definition) is 1. The molecule has 4 aromatic rings. The van der Waals surface area contributed by atoms with Gasteiger partial charge in [0.25, 0.3) is 5.56 Å². The standard InChI is InChI=1S/C23H20N2O2/c1-15(2)16-7-11-18(12-8-16)27-19-13-9-17(10-14-19)22-24-21-6-4-3-5-20(21)23(26)25-22/h3-15H,1-2H3,(H,24,25,26). The number of fused-ring (bicyclic) bond motifs is 1. The van der Waals surface area contributed by atoms with Crippen molar-refractivity contribution in [2.24, 2.45) is 0 Å². The number of nitrogens with one attached hydrogen (secondary N) is 1. The van der Waals surface area contributed by atoms with Crippen molar-refractivity contribution in [3.05, 3.63) is 88.7 Å². The molecule has 27 heavy (non-hydrogen) atoms. The van der Waals surface area contributed by atoms with E-state index in [2.05, 4.69) is 35.9 Å². The lowest BCUT2D eigenvalue weighted by Gasteiger charge is -2.09. The second-order valence-corrected chi connectivity index (χ2v) is 6.78. The zero-order valence-electron chi connectivity index (χ0n) is 15.3. The molecule has 134 valence electrons. The third-order valence-corrected chi connectivity index (χ3v) is 4.52. The second kappa shape index (κ2) is 7.08. The van der Waals surface area contributed by atoms with Crippen molar-refractivity contribution in [2.45, 2.75) is 19.8 Å². The van der Waals surface area contributed by atoms with Crippen LogP contribution in [0.3, 0.4) is 0 Å². The molecule has 4 nitrogen and oxygen atoms in total. The van der Waals surface area contributed by atoms with E-state index in [1.165, 1.54) is 5.56 Å². The van der Waals surface area contributed by atoms with Crippen LogP contribution in [0.5, 0.6) is 11.5 Å². The lowest BCUT2D eigenvalue weighted by atomic mass is 10.0. The van der Waals surface area contributed by atoms with Crippen LogP contribution in [0.25, 0.3) is 22.3 Å². The largest absolute Gasteiger partial charge is 0.457 e. The molecule has 0 aliphatic heterocycles. The molecular weight excluding hydrogens is 336 g/mol. The van der Waals surface area contributed by atoms with Crippen molar-refractivity contribution in [1.82, 2.24) is 9.97 Å². The summed E-state index contributed by atoms with van der Waals surface area (Å²) in [5.74, 6) is 2.57. The molecule has 0 aliphatic rings. The van der Waals surface area contributed by atoms with Crippen LogP contribution in [-0.4, -0.2) is 9.97 Å². The van der Waals surface area contributed by atoms with Gasteiger partial charge in [0.2, 0.25) is 0 Å². The molecule has 0 radical (unpaired) electrons. The van der Waals surface area contributed by atoms with Crippen LogP contribution in [0.4, 0.5) is 0 Å². The number of para-hydroxylation sites is 1. The van der Waals surface area contributed by atoms with Crippen LogP contribution >= 0.6 is 0 Å². The molecule has 0 aliphatic carbocycles. The molecule has 4 heteroatoms. The van der Waals surface area contributed by atoms with Gasteiger partial charge in [0.1, 0.15) is 17.3 Å². The Morgan fingerprint density at radius 3 is 2.15 bits per heavy atom. The number of nitrogens with zero attached hydrogens (tertiary/aromatic N) is 1. The first-order valence-corrected chi connectivity index (χ1v) is 8.97. The van der Waals surface area contributed by atoms with E-state index in [4.69, 9.17) is 4.74 Å². The summed E-state index contributed by atoms with van der Waals surface area (Å²) in [7, 11) is 0. The predicted molar refractivity (Wildman–Crippen MR) is 108 cm³/mol. The number of benzene rings is 3. The summed E-state index contributed by atoms with van der Waals surface area (Å²) in [6, 6.07) is 23.0. The van der Waals surface area contributed by atoms with E-state index in [0.717, 1.165) is 17.1 Å². The van der Waals surface area contributed by atoms with E-state index < -0.39 is 0 Å². The molecular formula is C23H20N2O2. The highest BCUT2D eigenvalue weighted by molar-refractivity contribution is 5.79. The number of aromatic amines is 1. The number of rotatable bonds is 4. The zero-order chi connectivity index (χ0) is 18.8. The predicted octanol–water partition coefficient (Wildman–Crippen LogP) is 5.51. The van der Waals surface area contributed by atoms with Crippen molar-refractivity contribution in [2.75, 3.05) is 0 Å². The van der Waals surface area contributed by atoms with Crippen molar-refractivity contribution >= 4 is 10.9 Å². The van der Waals surface area contributed by atoms with Gasteiger partial charge in [-0.15, -0.1) is 0 Å². The van der Waals surface area contributed by atoms with E-state index in [0.29, 0.717) is 22.6 Å². The van der Waals surface area contributed by atoms with E-state index in [1.54, 1.807) is 6.07 Å². The second-order valence-electron chi connectivity index (χ2n) is 6.78. The molecule has 1 N–H and O–H groups in total. The van der Waals surface area contributed by atoms with E-state index in [-0.39, 0.29) is 5.56 Å². The Kier molecular flexibility index (Phi) is 4.47. The molecule has 0 amide bonds. The summed E-state index contributed by atoms with van der Waals surface area (Å²) in [5, 5.41) is 0.589. The maximum absolute atomic E-state index is 12.2. The van der Waals surface area contributed by atoms with Crippen molar-refractivity contribution in [1.29, 1.82) is 0 Å². The highest BCUT2D eigenvalue weighted by Crippen LogP contribution is 2.26. The first kappa shape index (κ1) is 17.0. The number of aromatic nitrogens is 2. The lowest BCUT2D eigenvalue weighted by Crippen LogP contribution is -2.09. The zero-order valence-corrected chi connectivity index (χ0v) is 15.3. The molecule has 0 unspecified atom stereocenters. The minimum atomic E-state index is -0.138. The number of H-pyrrole nitrogens is 1. The minimum Gasteiger partial charge on any atom is -0.457 e. The number of hydrogen-bond acceptors (Lipinski definition) is 3. The normalized spacial score (nSPS) is 11.1. The number of ether oxygens (including phenoxy) is 1. The summed E-state index contributed by atoms with van der Waals surface area (Å²) in [6.07, 6.45) is 0. The molecule has 0 bridgehead atoms. The summed E-state index contributed by atoms with van der Waals surface area (Å²) in [4.78, 5) is 19.6. The first-order chi connectivity index (χ1) is 13.1. The highest BCUT2D eigenvalue weighted by atomic mass is 16.5. The van der Waals surface area contributed by atoms with E-state index in [1.807, 2.05) is 54.6 Å². The van der Waals surface area contributed by atoms with Gasteiger partial charge < -0.3 is 9.72 Å². The Morgan fingerprint density at radius 2 is 1.48 bits per heavy atom. The Morgan fingerprint density at radius 1 is 0.852 bits per heavy atom. The van der Waals surface area contributed by atoms with E-state index >= 15 is 0 Å². The summed E-state index contributed by atoms with van der Waals surface area (Å²) < 4.78 is 5.91. The summed E-state index contributed by atoms with van der Waals surface area (Å²) in [6.45, 7) is 4.33. The fourth-order valence-electron chi connectivity index (χ4n) is 2.96. The first-order valence-electron chi connectivity index (χ1n) is 8.97. The van der Waals surface area contributed by atoms with Gasteiger partial charge in [-0.25, -0.2) is 4.98 Å². The van der Waals surface area contributed by atoms with Gasteiger partial charge in [-0.05, 0) is 60.0 Å². The monoisotopic (exact) mass is 356 g/mol. The topological polar surface area (TPSA) is 55.0 Å². The average Bonchev–Trinajstić information content (AvgIpc) is 2.69. The molecule has 1 aromatic heterocycles. The van der Waals surface area contributed by atoms with Crippen LogP contribution in [0.2, 0.25) is 0 Å². The molecule has 0 saturated heterocycles. The van der Waals surface area contributed by atoms with Crippen LogP contribution in [0.15, 0.2) is 77.6 Å². The molecule has 0 fully saturated rings. The van der Waals surface area contributed by atoms with Gasteiger partial charge in [0.15, 0.2) is 0 Å². The van der Waals surface area contributed by atoms with Crippen molar-refractivity contribution < 1.29 is 4.74 Å². The van der Waals surface area contributed by atoms with Gasteiger partial charge in [-0.1, -0.05) is 38.1 Å².